The zero-order chi connectivity index (χ0) is 14.5. The Morgan fingerprint density at radius 1 is 1.05 bits per heavy atom. The highest BCUT2D eigenvalue weighted by Crippen LogP contribution is 2.15. The molecule has 0 radical (unpaired) electrons. The lowest BCUT2D eigenvalue weighted by atomic mass is 10.2. The number of benzene rings is 2. The average molecular weight is 306 g/mol. The number of nitrogens with two attached hydrogens (primary N) is 1. The van der Waals surface area contributed by atoms with Crippen molar-refractivity contribution in [3.63, 3.8) is 0 Å². The Balaban J connectivity index is 1.99. The minimum Gasteiger partial charge on any atom is -0.389 e. The molecule has 0 saturated carbocycles. The fourth-order valence-corrected chi connectivity index (χ4v) is 1.90. The van der Waals surface area contributed by atoms with Gasteiger partial charge in [-0.15, -0.1) is 0 Å². The molecule has 0 fully saturated rings. The molecule has 0 bridgehead atoms. The number of anilines is 2. The lowest BCUT2D eigenvalue weighted by Gasteiger charge is -2.08. The summed E-state index contributed by atoms with van der Waals surface area (Å²) in [5, 5.41) is 5.94. The van der Waals surface area contributed by atoms with Gasteiger partial charge < -0.3 is 16.4 Å². The van der Waals surface area contributed by atoms with Gasteiger partial charge in [-0.25, -0.2) is 4.79 Å². The summed E-state index contributed by atoms with van der Waals surface area (Å²) in [5.74, 6) is 0. The zero-order valence-corrected chi connectivity index (χ0v) is 12.0. The Morgan fingerprint density at radius 2 is 1.70 bits per heavy atom. The van der Waals surface area contributed by atoms with Gasteiger partial charge in [0.05, 0.1) is 0 Å². The molecular formula is C14H12ClN3OS. The molecule has 2 aromatic carbocycles. The minimum atomic E-state index is -0.352. The zero-order valence-electron chi connectivity index (χ0n) is 10.4. The molecule has 0 aromatic heterocycles. The minimum absolute atomic E-state index is 0.319. The Labute approximate surface area is 126 Å². The average Bonchev–Trinajstić information content (AvgIpc) is 2.39. The predicted molar refractivity (Wildman–Crippen MR) is 86.4 cm³/mol. The molecule has 0 heterocycles. The van der Waals surface area contributed by atoms with E-state index in [1.807, 2.05) is 0 Å². The van der Waals surface area contributed by atoms with Crippen molar-refractivity contribution >= 4 is 46.2 Å². The Bertz CT molecular complexity index is 643. The molecule has 102 valence electrons. The molecule has 6 heteroatoms. The van der Waals surface area contributed by atoms with Gasteiger partial charge in [-0.05, 0) is 42.5 Å². The topological polar surface area (TPSA) is 67.1 Å². The number of carbonyl (C=O) groups excluding carboxylic acids is 1. The number of urea groups is 1. The van der Waals surface area contributed by atoms with Gasteiger partial charge in [0.2, 0.25) is 0 Å². The predicted octanol–water partition coefficient (Wildman–Crippen LogP) is 3.62. The van der Waals surface area contributed by atoms with Crippen LogP contribution in [0.25, 0.3) is 0 Å². The van der Waals surface area contributed by atoms with Crippen molar-refractivity contribution in [3.8, 4) is 0 Å². The molecule has 0 atom stereocenters. The van der Waals surface area contributed by atoms with Gasteiger partial charge in [0.15, 0.2) is 0 Å². The van der Waals surface area contributed by atoms with E-state index in [-0.39, 0.29) is 6.03 Å². The monoisotopic (exact) mass is 305 g/mol. The SMILES string of the molecule is NC(=S)c1ccc(NC(=O)Nc2cccc(Cl)c2)cc1. The lowest BCUT2D eigenvalue weighted by Crippen LogP contribution is -2.19. The van der Waals surface area contributed by atoms with Crippen molar-refractivity contribution < 1.29 is 4.79 Å². The van der Waals surface area contributed by atoms with E-state index in [0.29, 0.717) is 21.4 Å². The fourth-order valence-electron chi connectivity index (χ4n) is 1.58. The molecule has 2 amide bonds. The summed E-state index contributed by atoms with van der Waals surface area (Å²) in [6, 6.07) is 13.5. The summed E-state index contributed by atoms with van der Waals surface area (Å²) >= 11 is 10.7. The van der Waals surface area contributed by atoms with Gasteiger partial charge in [-0.2, -0.15) is 0 Å². The second kappa shape index (κ2) is 6.36. The van der Waals surface area contributed by atoms with Gasteiger partial charge in [0, 0.05) is 22.0 Å². The largest absolute Gasteiger partial charge is 0.389 e. The molecule has 0 spiro atoms. The summed E-state index contributed by atoms with van der Waals surface area (Å²) in [4.78, 5) is 12.1. The van der Waals surface area contributed by atoms with Gasteiger partial charge in [0.1, 0.15) is 4.99 Å². The summed E-state index contributed by atoms with van der Waals surface area (Å²) in [6.45, 7) is 0. The van der Waals surface area contributed by atoms with Crippen molar-refractivity contribution in [3.05, 3.63) is 59.1 Å². The van der Waals surface area contributed by atoms with Crippen LogP contribution in [-0.2, 0) is 0 Å². The molecule has 0 saturated heterocycles. The number of amides is 2. The number of rotatable bonds is 3. The van der Waals surface area contributed by atoms with Crippen LogP contribution in [0, 0.1) is 0 Å². The second-order valence-corrected chi connectivity index (χ2v) is 4.91. The Hall–Kier alpha value is -2.11. The van der Waals surface area contributed by atoms with Gasteiger partial charge in [-0.1, -0.05) is 29.9 Å². The molecule has 4 nitrogen and oxygen atoms in total. The van der Waals surface area contributed by atoms with Crippen LogP contribution in [0.15, 0.2) is 48.5 Å². The molecule has 0 aliphatic rings. The van der Waals surface area contributed by atoms with E-state index in [9.17, 15) is 4.79 Å². The highest BCUT2D eigenvalue weighted by molar-refractivity contribution is 7.80. The van der Waals surface area contributed by atoms with Crippen LogP contribution in [0.3, 0.4) is 0 Å². The maximum atomic E-state index is 11.8. The second-order valence-electron chi connectivity index (χ2n) is 4.03. The highest BCUT2D eigenvalue weighted by atomic mass is 35.5. The first-order valence-corrected chi connectivity index (χ1v) is 6.56. The van der Waals surface area contributed by atoms with Crippen molar-refractivity contribution in [1.82, 2.24) is 0 Å². The normalized spacial score (nSPS) is 9.85. The molecule has 20 heavy (non-hydrogen) atoms. The number of hydrogen-bond donors (Lipinski definition) is 3. The maximum Gasteiger partial charge on any atom is 0.323 e. The van der Waals surface area contributed by atoms with E-state index < -0.39 is 0 Å². The maximum absolute atomic E-state index is 11.8. The first-order chi connectivity index (χ1) is 9.54. The number of hydrogen-bond acceptors (Lipinski definition) is 2. The lowest BCUT2D eigenvalue weighted by molar-refractivity contribution is 0.262. The van der Waals surface area contributed by atoms with Crippen LogP contribution in [0.4, 0.5) is 16.2 Å². The third-order valence-electron chi connectivity index (χ3n) is 2.51. The van der Waals surface area contributed by atoms with E-state index in [1.165, 1.54) is 0 Å². The molecule has 2 rings (SSSR count). The van der Waals surface area contributed by atoms with E-state index in [2.05, 4.69) is 10.6 Å². The summed E-state index contributed by atoms with van der Waals surface area (Å²) < 4.78 is 0. The van der Waals surface area contributed by atoms with Gasteiger partial charge in [0.25, 0.3) is 0 Å². The number of halogens is 1. The van der Waals surface area contributed by atoms with Crippen molar-refractivity contribution in [1.29, 1.82) is 0 Å². The Kier molecular flexibility index (Phi) is 4.55. The number of nitrogens with one attached hydrogen (secondary N) is 2. The first kappa shape index (κ1) is 14.3. The van der Waals surface area contributed by atoms with Crippen molar-refractivity contribution in [2.45, 2.75) is 0 Å². The molecule has 0 aliphatic heterocycles. The van der Waals surface area contributed by atoms with Crippen LogP contribution in [0.1, 0.15) is 5.56 Å². The molecule has 0 unspecified atom stereocenters. The highest BCUT2D eigenvalue weighted by Gasteiger charge is 2.03. The van der Waals surface area contributed by atoms with Crippen LogP contribution in [-0.4, -0.2) is 11.0 Å². The van der Waals surface area contributed by atoms with Gasteiger partial charge in [-0.3, -0.25) is 0 Å². The smallest absolute Gasteiger partial charge is 0.323 e. The van der Waals surface area contributed by atoms with E-state index in [0.717, 1.165) is 5.56 Å². The van der Waals surface area contributed by atoms with E-state index >= 15 is 0 Å². The number of thiocarbonyl (C=S) groups is 1. The van der Waals surface area contributed by atoms with E-state index in [1.54, 1.807) is 48.5 Å². The summed E-state index contributed by atoms with van der Waals surface area (Å²) in [6.07, 6.45) is 0. The van der Waals surface area contributed by atoms with E-state index in [4.69, 9.17) is 29.6 Å². The fraction of sp³-hybridized carbons (Fsp3) is 0. The third kappa shape index (κ3) is 3.94. The number of carbonyl (C=O) groups is 1. The molecule has 2 aromatic rings. The van der Waals surface area contributed by atoms with Crippen molar-refractivity contribution in [2.24, 2.45) is 5.73 Å². The molecule has 4 N–H and O–H groups in total. The summed E-state index contributed by atoms with van der Waals surface area (Å²) in [7, 11) is 0. The standard InChI is InChI=1S/C14H12ClN3OS/c15-10-2-1-3-12(8-10)18-14(19)17-11-6-4-9(5-7-11)13(16)20/h1-8H,(H2,16,20)(H2,17,18,19). The van der Waals surface area contributed by atoms with Crippen LogP contribution >= 0.6 is 23.8 Å². The quantitative estimate of drug-likeness (QED) is 0.759. The van der Waals surface area contributed by atoms with Crippen LogP contribution < -0.4 is 16.4 Å². The summed E-state index contributed by atoms with van der Waals surface area (Å²) in [5.41, 5.74) is 7.51. The van der Waals surface area contributed by atoms with Crippen LogP contribution in [0.5, 0.6) is 0 Å². The Morgan fingerprint density at radius 3 is 2.30 bits per heavy atom. The van der Waals surface area contributed by atoms with Crippen LogP contribution in [0.2, 0.25) is 5.02 Å². The molecule has 0 aliphatic carbocycles. The molecular weight excluding hydrogens is 294 g/mol. The first-order valence-electron chi connectivity index (χ1n) is 5.78. The van der Waals surface area contributed by atoms with Crippen molar-refractivity contribution in [2.75, 3.05) is 10.6 Å². The third-order valence-corrected chi connectivity index (χ3v) is 2.98. The van der Waals surface area contributed by atoms with Gasteiger partial charge >= 0.3 is 6.03 Å².